The first-order valence-corrected chi connectivity index (χ1v) is 10.4. The Hall–Kier alpha value is -3.56. The number of halogens is 1. The van der Waals surface area contributed by atoms with E-state index < -0.39 is 11.0 Å². The highest BCUT2D eigenvalue weighted by atomic mass is 35.5. The average Bonchev–Trinajstić information content (AvgIpc) is 3.20. The number of nitro groups is 1. The van der Waals surface area contributed by atoms with E-state index in [0.717, 1.165) is 0 Å². The lowest BCUT2D eigenvalue weighted by Gasteiger charge is -2.15. The molecule has 0 spiro atoms. The number of amides is 1. The molecule has 0 saturated carbocycles. The van der Waals surface area contributed by atoms with E-state index in [2.05, 4.69) is 10.3 Å². The predicted octanol–water partition coefficient (Wildman–Crippen LogP) is 4.89. The molecule has 1 amide bonds. The van der Waals surface area contributed by atoms with Crippen LogP contribution in [0.25, 0.3) is 21.3 Å². The van der Waals surface area contributed by atoms with E-state index in [0.29, 0.717) is 32.1 Å². The van der Waals surface area contributed by atoms with Gasteiger partial charge in [0.25, 0.3) is 11.2 Å². The second-order valence-electron chi connectivity index (χ2n) is 6.76. The summed E-state index contributed by atoms with van der Waals surface area (Å²) < 4.78 is 1.27. The molecule has 1 N–H and O–H groups in total. The molecule has 0 saturated heterocycles. The topological polar surface area (TPSA) is 107 Å². The lowest BCUT2D eigenvalue weighted by atomic mass is 10.1. The van der Waals surface area contributed by atoms with Crippen LogP contribution in [0.5, 0.6) is 0 Å². The van der Waals surface area contributed by atoms with E-state index in [1.807, 2.05) is 0 Å². The average molecular weight is 455 g/mol. The van der Waals surface area contributed by atoms with E-state index in [4.69, 9.17) is 11.6 Å². The van der Waals surface area contributed by atoms with Crippen LogP contribution >= 0.6 is 22.9 Å². The van der Waals surface area contributed by atoms with Crippen molar-refractivity contribution in [3.8, 4) is 11.1 Å². The van der Waals surface area contributed by atoms with E-state index >= 15 is 0 Å². The summed E-state index contributed by atoms with van der Waals surface area (Å²) >= 11 is 7.16. The second-order valence-corrected chi connectivity index (χ2v) is 8.06. The number of hydrogen-bond acceptors (Lipinski definition) is 6. The maximum atomic E-state index is 13.2. The number of nitrogens with zero attached hydrogens (tertiary/aromatic N) is 3. The Morgan fingerprint density at radius 2 is 1.87 bits per heavy atom. The zero-order valence-electron chi connectivity index (χ0n) is 16.1. The number of anilines is 1. The molecular formula is C21H15ClN4O4S. The molecule has 0 aliphatic heterocycles. The molecule has 0 bridgehead atoms. The van der Waals surface area contributed by atoms with Gasteiger partial charge in [-0.15, -0.1) is 11.3 Å². The van der Waals surface area contributed by atoms with Gasteiger partial charge >= 0.3 is 0 Å². The van der Waals surface area contributed by atoms with Crippen LogP contribution in [0.4, 0.5) is 11.4 Å². The van der Waals surface area contributed by atoms with Gasteiger partial charge in [0.1, 0.15) is 10.9 Å². The van der Waals surface area contributed by atoms with Gasteiger partial charge in [0.2, 0.25) is 5.91 Å². The number of nitrogens with one attached hydrogen (secondary N) is 1. The largest absolute Gasteiger partial charge is 0.324 e. The van der Waals surface area contributed by atoms with E-state index in [1.54, 1.807) is 48.7 Å². The van der Waals surface area contributed by atoms with E-state index in [1.165, 1.54) is 34.4 Å². The number of fused-ring (bicyclic) bond motifs is 1. The second kappa shape index (κ2) is 8.29. The third-order valence-electron chi connectivity index (χ3n) is 4.82. The van der Waals surface area contributed by atoms with Crippen LogP contribution in [0, 0.1) is 10.1 Å². The summed E-state index contributed by atoms with van der Waals surface area (Å²) in [6.45, 7) is 1.61. The molecule has 0 aliphatic carbocycles. The highest BCUT2D eigenvalue weighted by molar-refractivity contribution is 7.17. The van der Waals surface area contributed by atoms with Crippen LogP contribution < -0.4 is 10.9 Å². The Morgan fingerprint density at radius 3 is 2.52 bits per heavy atom. The molecule has 31 heavy (non-hydrogen) atoms. The smallest absolute Gasteiger partial charge is 0.269 e. The van der Waals surface area contributed by atoms with Crippen LogP contribution in [-0.4, -0.2) is 20.4 Å². The first-order valence-electron chi connectivity index (χ1n) is 9.15. The zero-order chi connectivity index (χ0) is 22.1. The lowest BCUT2D eigenvalue weighted by Crippen LogP contribution is -2.31. The summed E-state index contributed by atoms with van der Waals surface area (Å²) in [5, 5.41) is 16.3. The van der Waals surface area contributed by atoms with Crippen molar-refractivity contribution < 1.29 is 9.72 Å². The minimum Gasteiger partial charge on any atom is -0.324 e. The first kappa shape index (κ1) is 20.7. The highest BCUT2D eigenvalue weighted by Gasteiger charge is 2.20. The SMILES string of the molecule is CC(C(=O)Nc1ccc(Cl)cc1)n1cnc2scc(-c3ccc([N+](=O)[O-])cc3)c2c1=O. The molecule has 4 rings (SSSR count). The van der Waals surface area contributed by atoms with Crippen molar-refractivity contribution in [2.45, 2.75) is 13.0 Å². The van der Waals surface area contributed by atoms with Gasteiger partial charge in [0.05, 0.1) is 16.6 Å². The number of nitro benzene ring substituents is 1. The van der Waals surface area contributed by atoms with Crippen molar-refractivity contribution in [2.24, 2.45) is 0 Å². The molecule has 2 aromatic carbocycles. The van der Waals surface area contributed by atoms with Crippen LogP contribution in [0.3, 0.4) is 0 Å². The number of non-ortho nitro benzene ring substituents is 1. The number of aromatic nitrogens is 2. The Kier molecular flexibility index (Phi) is 5.53. The Morgan fingerprint density at radius 1 is 1.19 bits per heavy atom. The quantitative estimate of drug-likeness (QED) is 0.341. The Labute approximate surface area is 184 Å². The van der Waals surface area contributed by atoms with Crippen molar-refractivity contribution in [1.82, 2.24) is 9.55 Å². The first-order chi connectivity index (χ1) is 14.8. The predicted molar refractivity (Wildman–Crippen MR) is 121 cm³/mol. The molecular weight excluding hydrogens is 440 g/mol. The molecule has 10 heteroatoms. The molecule has 156 valence electrons. The van der Waals surface area contributed by atoms with Crippen LogP contribution in [-0.2, 0) is 4.79 Å². The molecule has 4 aromatic rings. The van der Waals surface area contributed by atoms with Crippen LogP contribution in [0.15, 0.2) is 65.0 Å². The number of thiophene rings is 1. The number of carbonyl (C=O) groups excluding carboxylic acids is 1. The fourth-order valence-electron chi connectivity index (χ4n) is 3.10. The summed E-state index contributed by atoms with van der Waals surface area (Å²) in [7, 11) is 0. The van der Waals surface area contributed by atoms with Crippen molar-refractivity contribution >= 4 is 50.4 Å². The van der Waals surface area contributed by atoms with Crippen LogP contribution in [0.1, 0.15) is 13.0 Å². The number of rotatable bonds is 5. The van der Waals surface area contributed by atoms with Gasteiger partial charge in [-0.1, -0.05) is 11.6 Å². The molecule has 8 nitrogen and oxygen atoms in total. The van der Waals surface area contributed by atoms with Crippen molar-refractivity contribution in [1.29, 1.82) is 0 Å². The number of hydrogen-bond donors (Lipinski definition) is 1. The van der Waals surface area contributed by atoms with Gasteiger partial charge < -0.3 is 5.32 Å². The number of carbonyl (C=O) groups is 1. The maximum absolute atomic E-state index is 13.2. The molecule has 0 fully saturated rings. The summed E-state index contributed by atoms with van der Waals surface area (Å²) in [5.41, 5.74) is 1.44. The summed E-state index contributed by atoms with van der Waals surface area (Å²) in [5.74, 6) is -0.377. The standard InChI is InChI=1S/C21H15ClN4O4S/c1-12(19(27)24-15-6-4-14(22)5-7-15)25-11-23-20-18(21(25)28)17(10-31-20)13-2-8-16(9-3-13)26(29)30/h2-12H,1H3,(H,24,27). The minimum absolute atomic E-state index is 0.0358. The monoisotopic (exact) mass is 454 g/mol. The van der Waals surface area contributed by atoms with Gasteiger partial charge in [-0.2, -0.15) is 0 Å². The third kappa shape index (κ3) is 4.05. The maximum Gasteiger partial charge on any atom is 0.269 e. The summed E-state index contributed by atoms with van der Waals surface area (Å²) in [6, 6.07) is 11.8. The van der Waals surface area contributed by atoms with Gasteiger partial charge in [-0.05, 0) is 48.9 Å². The van der Waals surface area contributed by atoms with E-state index in [-0.39, 0.29) is 17.2 Å². The lowest BCUT2D eigenvalue weighted by molar-refractivity contribution is -0.384. The molecule has 0 aliphatic rings. The van der Waals surface area contributed by atoms with Crippen molar-refractivity contribution in [2.75, 3.05) is 5.32 Å². The van der Waals surface area contributed by atoms with Gasteiger partial charge in [0, 0.05) is 33.8 Å². The summed E-state index contributed by atoms with van der Waals surface area (Å²) in [6.07, 6.45) is 1.35. The summed E-state index contributed by atoms with van der Waals surface area (Å²) in [4.78, 5) is 41.2. The van der Waals surface area contributed by atoms with Gasteiger partial charge in [0.15, 0.2) is 0 Å². The van der Waals surface area contributed by atoms with Crippen LogP contribution in [0.2, 0.25) is 5.02 Å². The van der Waals surface area contributed by atoms with Crippen molar-refractivity contribution in [3.63, 3.8) is 0 Å². The van der Waals surface area contributed by atoms with Gasteiger partial charge in [-0.25, -0.2) is 4.98 Å². The van der Waals surface area contributed by atoms with E-state index in [9.17, 15) is 19.7 Å². The Balaban J connectivity index is 1.69. The molecule has 2 aromatic heterocycles. The molecule has 0 radical (unpaired) electrons. The van der Waals surface area contributed by atoms with Crippen molar-refractivity contribution in [3.05, 3.63) is 85.7 Å². The highest BCUT2D eigenvalue weighted by Crippen LogP contribution is 2.32. The van der Waals surface area contributed by atoms with Gasteiger partial charge in [-0.3, -0.25) is 24.3 Å². The Bertz CT molecular complexity index is 1350. The fraction of sp³-hybridized carbons (Fsp3) is 0.0952. The molecule has 1 atom stereocenters. The normalized spacial score (nSPS) is 11.9. The molecule has 1 unspecified atom stereocenters. The number of benzene rings is 2. The fourth-order valence-corrected chi connectivity index (χ4v) is 4.14. The third-order valence-corrected chi connectivity index (χ3v) is 5.96. The zero-order valence-corrected chi connectivity index (χ0v) is 17.7. The minimum atomic E-state index is -0.815. The molecule has 2 heterocycles.